The molecule has 1 amide bonds. The number of carbonyl (C=O) groups excluding carboxylic acids is 1. The first-order valence-electron chi connectivity index (χ1n) is 8.77. The molecule has 0 atom stereocenters. The quantitative estimate of drug-likeness (QED) is 0.672. The van der Waals surface area contributed by atoms with Crippen molar-refractivity contribution in [3.63, 3.8) is 0 Å². The first-order chi connectivity index (χ1) is 12.9. The molecule has 0 heterocycles. The number of sulfonamides is 1. The van der Waals surface area contributed by atoms with E-state index in [1.54, 1.807) is 7.11 Å². The first-order valence-corrected chi connectivity index (χ1v) is 10.6. The van der Waals surface area contributed by atoms with E-state index in [1.807, 2.05) is 54.6 Å². The molecule has 1 N–H and O–H groups in total. The van der Waals surface area contributed by atoms with Gasteiger partial charge in [-0.05, 0) is 36.1 Å². The smallest absolute Gasteiger partial charge is 0.235 e. The Morgan fingerprint density at radius 2 is 1.74 bits per heavy atom. The van der Waals surface area contributed by atoms with Crippen LogP contribution in [0.2, 0.25) is 0 Å². The van der Waals surface area contributed by atoms with Crippen LogP contribution >= 0.6 is 0 Å². The summed E-state index contributed by atoms with van der Waals surface area (Å²) in [5, 5.41) is 2.78. The number of methoxy groups -OCH3 is 1. The minimum Gasteiger partial charge on any atom is -0.497 e. The van der Waals surface area contributed by atoms with Gasteiger partial charge in [-0.15, -0.1) is 0 Å². The maximum absolute atomic E-state index is 12.2. The van der Waals surface area contributed by atoms with E-state index in [9.17, 15) is 13.2 Å². The van der Waals surface area contributed by atoms with Gasteiger partial charge in [0.1, 0.15) is 5.75 Å². The Bertz CT molecular complexity index is 838. The van der Waals surface area contributed by atoms with Crippen molar-refractivity contribution in [2.75, 3.05) is 33.0 Å². The Hall–Kier alpha value is -2.38. The van der Waals surface area contributed by atoms with Gasteiger partial charge >= 0.3 is 0 Å². The van der Waals surface area contributed by atoms with Crippen LogP contribution in [-0.2, 0) is 27.7 Å². The lowest BCUT2D eigenvalue weighted by atomic mass is 10.1. The molecule has 27 heavy (non-hydrogen) atoms. The van der Waals surface area contributed by atoms with Crippen LogP contribution in [0, 0.1) is 0 Å². The van der Waals surface area contributed by atoms with Gasteiger partial charge < -0.3 is 10.1 Å². The van der Waals surface area contributed by atoms with Gasteiger partial charge in [0.2, 0.25) is 15.9 Å². The van der Waals surface area contributed by atoms with Crippen LogP contribution in [0.3, 0.4) is 0 Å². The zero-order valence-electron chi connectivity index (χ0n) is 15.7. The third kappa shape index (κ3) is 7.40. The van der Waals surface area contributed by atoms with E-state index in [1.165, 1.54) is 4.31 Å². The number of nitrogens with zero attached hydrogens (tertiary/aromatic N) is 1. The van der Waals surface area contributed by atoms with Crippen LogP contribution in [0.4, 0.5) is 0 Å². The van der Waals surface area contributed by atoms with Crippen LogP contribution in [0.5, 0.6) is 5.75 Å². The van der Waals surface area contributed by atoms with E-state index in [4.69, 9.17) is 4.74 Å². The first kappa shape index (κ1) is 20.9. The van der Waals surface area contributed by atoms with Gasteiger partial charge in [-0.1, -0.05) is 42.5 Å². The van der Waals surface area contributed by atoms with Crippen LogP contribution in [-0.4, -0.2) is 51.6 Å². The van der Waals surface area contributed by atoms with Crippen LogP contribution in [0.25, 0.3) is 0 Å². The van der Waals surface area contributed by atoms with E-state index < -0.39 is 10.0 Å². The molecule has 0 aromatic heterocycles. The third-order valence-corrected chi connectivity index (χ3v) is 5.40. The lowest BCUT2D eigenvalue weighted by Crippen LogP contribution is -2.41. The lowest BCUT2D eigenvalue weighted by molar-refractivity contribution is -0.121. The molecule has 0 aliphatic carbocycles. The standard InChI is InChI=1S/C20H26N2O4S/c1-26-19-10-6-9-18(15-19)11-13-21-20(23)16-22(27(2,24)25)14-12-17-7-4-3-5-8-17/h3-10,15H,11-14,16H2,1-2H3,(H,21,23). The summed E-state index contributed by atoms with van der Waals surface area (Å²) in [4.78, 5) is 12.2. The molecule has 2 aromatic rings. The minimum absolute atomic E-state index is 0.177. The SMILES string of the molecule is COc1cccc(CCNC(=O)CN(CCc2ccccc2)S(C)(=O)=O)c1. The van der Waals surface area contributed by atoms with E-state index in [0.29, 0.717) is 19.4 Å². The Labute approximate surface area is 161 Å². The van der Waals surface area contributed by atoms with Gasteiger partial charge in [-0.3, -0.25) is 4.79 Å². The van der Waals surface area contributed by atoms with Crippen molar-refractivity contribution in [3.05, 3.63) is 65.7 Å². The average molecular weight is 391 g/mol. The fraction of sp³-hybridized carbons (Fsp3) is 0.350. The van der Waals surface area contributed by atoms with Gasteiger partial charge in [0.25, 0.3) is 0 Å². The molecule has 2 rings (SSSR count). The molecule has 0 saturated carbocycles. The number of hydrogen-bond donors (Lipinski definition) is 1. The monoisotopic (exact) mass is 390 g/mol. The number of rotatable bonds is 10. The van der Waals surface area contributed by atoms with Crippen LogP contribution < -0.4 is 10.1 Å². The number of nitrogens with one attached hydrogen (secondary N) is 1. The summed E-state index contributed by atoms with van der Waals surface area (Å²) in [6.07, 6.45) is 2.33. The van der Waals surface area contributed by atoms with Crippen molar-refractivity contribution in [2.24, 2.45) is 0 Å². The zero-order valence-corrected chi connectivity index (χ0v) is 16.5. The molecule has 0 radical (unpaired) electrons. The molecule has 7 heteroatoms. The summed E-state index contributed by atoms with van der Waals surface area (Å²) < 4.78 is 30.4. The third-order valence-electron chi connectivity index (χ3n) is 4.15. The van der Waals surface area contributed by atoms with E-state index in [0.717, 1.165) is 23.1 Å². The fourth-order valence-electron chi connectivity index (χ4n) is 2.65. The van der Waals surface area contributed by atoms with Crippen molar-refractivity contribution in [1.29, 1.82) is 0 Å². The maximum atomic E-state index is 12.2. The Morgan fingerprint density at radius 1 is 1.04 bits per heavy atom. The predicted molar refractivity (Wildman–Crippen MR) is 106 cm³/mol. The molecule has 0 aliphatic heterocycles. The molecule has 0 spiro atoms. The van der Waals surface area contributed by atoms with Gasteiger partial charge in [0.05, 0.1) is 19.9 Å². The zero-order chi connectivity index (χ0) is 19.7. The topological polar surface area (TPSA) is 75.7 Å². The van der Waals surface area contributed by atoms with E-state index >= 15 is 0 Å². The molecule has 0 saturated heterocycles. The molecule has 0 bridgehead atoms. The lowest BCUT2D eigenvalue weighted by Gasteiger charge is -2.19. The number of amides is 1. The van der Waals surface area contributed by atoms with E-state index in [2.05, 4.69) is 5.32 Å². The Balaban J connectivity index is 1.84. The normalized spacial score (nSPS) is 11.4. The maximum Gasteiger partial charge on any atom is 0.235 e. The fourth-order valence-corrected chi connectivity index (χ4v) is 3.43. The summed E-state index contributed by atoms with van der Waals surface area (Å²) in [6, 6.07) is 17.2. The molecule has 2 aromatic carbocycles. The summed E-state index contributed by atoms with van der Waals surface area (Å²) in [7, 11) is -1.85. The highest BCUT2D eigenvalue weighted by Gasteiger charge is 2.19. The van der Waals surface area contributed by atoms with Crippen LogP contribution in [0.1, 0.15) is 11.1 Å². The summed E-state index contributed by atoms with van der Waals surface area (Å²) >= 11 is 0. The second-order valence-electron chi connectivity index (χ2n) is 6.28. The van der Waals surface area contributed by atoms with Gasteiger partial charge in [0, 0.05) is 13.1 Å². The van der Waals surface area contributed by atoms with Gasteiger partial charge in [0.15, 0.2) is 0 Å². The molecule has 0 aliphatic rings. The minimum atomic E-state index is -3.46. The molecule has 6 nitrogen and oxygen atoms in total. The van der Waals surface area contributed by atoms with E-state index in [-0.39, 0.29) is 19.0 Å². The highest BCUT2D eigenvalue weighted by Crippen LogP contribution is 2.12. The largest absolute Gasteiger partial charge is 0.497 e. The average Bonchev–Trinajstić information content (AvgIpc) is 2.65. The number of benzene rings is 2. The second kappa shape index (κ2) is 10.1. The Kier molecular flexibility index (Phi) is 7.82. The Morgan fingerprint density at radius 3 is 2.41 bits per heavy atom. The van der Waals surface area contributed by atoms with Crippen LogP contribution in [0.15, 0.2) is 54.6 Å². The summed E-state index contributed by atoms with van der Waals surface area (Å²) in [5.41, 5.74) is 2.07. The number of hydrogen-bond acceptors (Lipinski definition) is 4. The number of ether oxygens (including phenoxy) is 1. The highest BCUT2D eigenvalue weighted by atomic mass is 32.2. The molecular weight excluding hydrogens is 364 g/mol. The van der Waals surface area contributed by atoms with Crippen molar-refractivity contribution >= 4 is 15.9 Å². The van der Waals surface area contributed by atoms with Crippen molar-refractivity contribution < 1.29 is 17.9 Å². The molecule has 0 unspecified atom stereocenters. The number of carbonyl (C=O) groups is 1. The molecular formula is C20H26N2O4S. The summed E-state index contributed by atoms with van der Waals surface area (Å²) in [6.45, 7) is 0.526. The van der Waals surface area contributed by atoms with Crippen molar-refractivity contribution in [1.82, 2.24) is 9.62 Å². The van der Waals surface area contributed by atoms with Gasteiger partial charge in [-0.25, -0.2) is 8.42 Å². The summed E-state index contributed by atoms with van der Waals surface area (Å²) in [5.74, 6) is 0.458. The predicted octanol–water partition coefficient (Wildman–Crippen LogP) is 1.86. The molecule has 146 valence electrons. The second-order valence-corrected chi connectivity index (χ2v) is 8.27. The van der Waals surface area contributed by atoms with Crippen molar-refractivity contribution in [3.8, 4) is 5.75 Å². The van der Waals surface area contributed by atoms with Crippen molar-refractivity contribution in [2.45, 2.75) is 12.8 Å². The van der Waals surface area contributed by atoms with Gasteiger partial charge in [-0.2, -0.15) is 4.31 Å². The highest BCUT2D eigenvalue weighted by molar-refractivity contribution is 7.88. The molecule has 0 fully saturated rings.